The normalized spacial score (nSPS) is 14.9. The van der Waals surface area contributed by atoms with Crippen molar-refractivity contribution in [3.8, 4) is 11.5 Å². The fraction of sp³-hybridized carbons (Fsp3) is 0.238. The van der Waals surface area contributed by atoms with Crippen LogP contribution < -0.4 is 9.47 Å². The largest absolute Gasteiger partial charge is 0.490 e. The molecule has 0 spiro atoms. The van der Waals surface area contributed by atoms with Crippen LogP contribution in [-0.2, 0) is 9.53 Å². The van der Waals surface area contributed by atoms with Gasteiger partial charge in [-0.3, -0.25) is 0 Å². The van der Waals surface area contributed by atoms with E-state index in [1.165, 1.54) is 0 Å². The lowest BCUT2D eigenvalue weighted by Gasteiger charge is -2.12. The Labute approximate surface area is 166 Å². The Balaban J connectivity index is 1.87. The average molecular weight is 430 g/mol. The second-order valence-electron chi connectivity index (χ2n) is 5.83. The van der Waals surface area contributed by atoms with Crippen LogP contribution in [0.2, 0.25) is 0 Å². The van der Waals surface area contributed by atoms with Gasteiger partial charge in [0.2, 0.25) is 5.90 Å². The van der Waals surface area contributed by atoms with Crippen molar-refractivity contribution in [1.29, 1.82) is 0 Å². The van der Waals surface area contributed by atoms with Gasteiger partial charge in [0, 0.05) is 10.0 Å². The van der Waals surface area contributed by atoms with Gasteiger partial charge in [-0.2, -0.15) is 0 Å². The molecule has 0 bridgehead atoms. The molecule has 0 N–H and O–H groups in total. The first kappa shape index (κ1) is 19.2. The van der Waals surface area contributed by atoms with Gasteiger partial charge in [-0.1, -0.05) is 28.9 Å². The van der Waals surface area contributed by atoms with Gasteiger partial charge < -0.3 is 14.2 Å². The lowest BCUT2D eigenvalue weighted by Crippen LogP contribution is -2.05. The van der Waals surface area contributed by atoms with Crippen LogP contribution in [0.4, 0.5) is 0 Å². The summed E-state index contributed by atoms with van der Waals surface area (Å²) in [7, 11) is 0. The van der Waals surface area contributed by atoms with E-state index in [0.29, 0.717) is 30.6 Å². The number of cyclic esters (lactones) is 1. The maximum Gasteiger partial charge on any atom is 0.363 e. The maximum absolute atomic E-state index is 12.2. The molecule has 27 heavy (non-hydrogen) atoms. The zero-order valence-corrected chi connectivity index (χ0v) is 16.8. The summed E-state index contributed by atoms with van der Waals surface area (Å²) in [6.45, 7) is 5.10. The number of aliphatic imine (C=N–C) groups is 1. The third kappa shape index (κ3) is 4.77. The molecule has 0 unspecified atom stereocenters. The van der Waals surface area contributed by atoms with Gasteiger partial charge in [-0.15, -0.1) is 0 Å². The van der Waals surface area contributed by atoms with Gasteiger partial charge in [-0.05, 0) is 61.4 Å². The molecule has 0 atom stereocenters. The van der Waals surface area contributed by atoms with E-state index in [2.05, 4.69) is 20.9 Å². The first-order chi connectivity index (χ1) is 13.1. The van der Waals surface area contributed by atoms with E-state index in [1.54, 1.807) is 6.08 Å². The zero-order valence-electron chi connectivity index (χ0n) is 15.2. The van der Waals surface area contributed by atoms with Gasteiger partial charge in [0.15, 0.2) is 17.2 Å². The Morgan fingerprint density at radius 2 is 1.85 bits per heavy atom. The molecule has 3 rings (SSSR count). The molecular formula is C21H20BrNO4. The van der Waals surface area contributed by atoms with Crippen molar-refractivity contribution in [2.75, 3.05) is 13.2 Å². The van der Waals surface area contributed by atoms with Crippen molar-refractivity contribution < 1.29 is 19.0 Å². The van der Waals surface area contributed by atoms with Crippen LogP contribution in [0.15, 0.2) is 57.6 Å². The number of carbonyl (C=O) groups is 1. The molecule has 1 heterocycles. The molecule has 5 nitrogen and oxygen atoms in total. The summed E-state index contributed by atoms with van der Waals surface area (Å²) in [6.07, 6.45) is 2.59. The first-order valence-corrected chi connectivity index (χ1v) is 9.58. The monoisotopic (exact) mass is 429 g/mol. The second-order valence-corrected chi connectivity index (χ2v) is 6.75. The zero-order chi connectivity index (χ0) is 19.2. The van der Waals surface area contributed by atoms with E-state index >= 15 is 0 Å². The van der Waals surface area contributed by atoms with Crippen molar-refractivity contribution >= 4 is 33.9 Å². The van der Waals surface area contributed by atoms with E-state index < -0.39 is 5.97 Å². The van der Waals surface area contributed by atoms with Crippen LogP contribution >= 0.6 is 15.9 Å². The predicted molar refractivity (Wildman–Crippen MR) is 108 cm³/mol. The Hall–Kier alpha value is -2.60. The Bertz CT molecular complexity index is 888. The van der Waals surface area contributed by atoms with Crippen molar-refractivity contribution in [1.82, 2.24) is 0 Å². The predicted octanol–water partition coefficient (Wildman–Crippen LogP) is 4.98. The third-order valence-electron chi connectivity index (χ3n) is 3.74. The minimum Gasteiger partial charge on any atom is -0.490 e. The van der Waals surface area contributed by atoms with Crippen LogP contribution in [0, 0.1) is 0 Å². The van der Waals surface area contributed by atoms with Gasteiger partial charge in [0.25, 0.3) is 0 Å². The number of benzene rings is 2. The first-order valence-electron chi connectivity index (χ1n) is 8.79. The van der Waals surface area contributed by atoms with E-state index in [0.717, 1.165) is 22.0 Å². The number of halogens is 1. The average Bonchev–Trinajstić information content (AvgIpc) is 3.02. The molecule has 1 aliphatic rings. The van der Waals surface area contributed by atoms with Gasteiger partial charge in [0.05, 0.1) is 13.2 Å². The van der Waals surface area contributed by atoms with E-state index in [4.69, 9.17) is 14.2 Å². The lowest BCUT2D eigenvalue weighted by atomic mass is 10.1. The maximum atomic E-state index is 12.2. The number of ether oxygens (including phenoxy) is 3. The minimum atomic E-state index is -0.475. The fourth-order valence-electron chi connectivity index (χ4n) is 2.50. The molecule has 2 aromatic rings. The highest BCUT2D eigenvalue weighted by atomic mass is 79.9. The molecule has 0 fully saturated rings. The van der Waals surface area contributed by atoms with E-state index in [9.17, 15) is 4.79 Å². The minimum absolute atomic E-state index is 0.248. The highest BCUT2D eigenvalue weighted by Crippen LogP contribution is 2.30. The summed E-state index contributed by atoms with van der Waals surface area (Å²) in [5.74, 6) is 1.15. The molecule has 0 saturated carbocycles. The van der Waals surface area contributed by atoms with Crippen molar-refractivity contribution in [2.24, 2.45) is 4.99 Å². The number of carbonyl (C=O) groups excluding carboxylic acids is 1. The summed E-state index contributed by atoms with van der Waals surface area (Å²) in [4.78, 5) is 16.5. The summed E-state index contributed by atoms with van der Waals surface area (Å²) < 4.78 is 17.6. The second kappa shape index (κ2) is 8.86. The molecule has 0 radical (unpaired) electrons. The molecule has 0 aliphatic carbocycles. The highest BCUT2D eigenvalue weighted by molar-refractivity contribution is 9.10. The molecule has 2 aromatic carbocycles. The molecule has 1 aliphatic heterocycles. The van der Waals surface area contributed by atoms with Gasteiger partial charge >= 0.3 is 5.97 Å². The van der Waals surface area contributed by atoms with Crippen LogP contribution in [0.25, 0.3) is 6.08 Å². The quantitative estimate of drug-likeness (QED) is 0.459. The van der Waals surface area contributed by atoms with Crippen molar-refractivity contribution in [2.45, 2.75) is 20.3 Å². The summed E-state index contributed by atoms with van der Waals surface area (Å²) in [5.41, 5.74) is 1.78. The van der Waals surface area contributed by atoms with Crippen LogP contribution in [0.3, 0.4) is 0 Å². The van der Waals surface area contributed by atoms with Gasteiger partial charge in [0.1, 0.15) is 0 Å². The van der Waals surface area contributed by atoms with Gasteiger partial charge in [-0.25, -0.2) is 9.79 Å². The Kier molecular flexibility index (Phi) is 6.29. The SMILES string of the molecule is CCCOc1ccc(/C=C2\N=C(c3ccc(Br)cc3)OC2=O)cc1OCC. The van der Waals surface area contributed by atoms with E-state index in [-0.39, 0.29) is 5.70 Å². The van der Waals surface area contributed by atoms with Crippen LogP contribution in [0.1, 0.15) is 31.4 Å². The number of esters is 1. The molecular weight excluding hydrogens is 410 g/mol. The van der Waals surface area contributed by atoms with E-state index in [1.807, 2.05) is 56.3 Å². The number of rotatable bonds is 7. The third-order valence-corrected chi connectivity index (χ3v) is 4.27. The number of nitrogens with zero attached hydrogens (tertiary/aromatic N) is 1. The number of hydrogen-bond acceptors (Lipinski definition) is 5. The molecule has 0 amide bonds. The summed E-state index contributed by atoms with van der Waals surface area (Å²) in [5, 5.41) is 0. The van der Waals surface area contributed by atoms with Crippen molar-refractivity contribution in [3.63, 3.8) is 0 Å². The van der Waals surface area contributed by atoms with Crippen LogP contribution in [-0.4, -0.2) is 25.1 Å². The van der Waals surface area contributed by atoms with Crippen molar-refractivity contribution in [3.05, 3.63) is 63.8 Å². The molecule has 0 saturated heterocycles. The standard InChI is InChI=1S/C21H20BrNO4/c1-3-11-26-18-10-5-14(13-19(18)25-4-2)12-17-21(24)27-20(23-17)15-6-8-16(22)9-7-15/h5-10,12-13H,3-4,11H2,1-2H3/b17-12-. The summed E-state index contributed by atoms with van der Waals surface area (Å²) in [6, 6.07) is 13.0. The highest BCUT2D eigenvalue weighted by Gasteiger charge is 2.24. The number of hydrogen-bond donors (Lipinski definition) is 0. The lowest BCUT2D eigenvalue weighted by molar-refractivity contribution is -0.129. The Morgan fingerprint density at radius 3 is 2.56 bits per heavy atom. The van der Waals surface area contributed by atoms with Crippen LogP contribution in [0.5, 0.6) is 11.5 Å². The molecule has 6 heteroatoms. The topological polar surface area (TPSA) is 57.1 Å². The smallest absolute Gasteiger partial charge is 0.363 e. The molecule has 0 aromatic heterocycles. The fourth-order valence-corrected chi connectivity index (χ4v) is 2.76. The summed E-state index contributed by atoms with van der Waals surface area (Å²) >= 11 is 3.38. The molecule has 140 valence electrons. The Morgan fingerprint density at radius 1 is 1.07 bits per heavy atom.